The zero-order chi connectivity index (χ0) is 13.8. The van der Waals surface area contributed by atoms with Gasteiger partial charge in [-0.25, -0.2) is 9.97 Å². The predicted octanol–water partition coefficient (Wildman–Crippen LogP) is 2.61. The van der Waals surface area contributed by atoms with Gasteiger partial charge < -0.3 is 10.0 Å². The quantitative estimate of drug-likeness (QED) is 0.873. The Hall–Kier alpha value is -1.65. The lowest BCUT2D eigenvalue weighted by molar-refractivity contribution is 0.201. The minimum atomic E-state index is -0.432. The minimum absolute atomic E-state index is 0.390. The van der Waals surface area contributed by atoms with Gasteiger partial charge in [0.1, 0.15) is 11.0 Å². The summed E-state index contributed by atoms with van der Waals surface area (Å²) in [4.78, 5) is 10.6. The van der Waals surface area contributed by atoms with E-state index in [1.807, 2.05) is 42.3 Å². The summed E-state index contributed by atoms with van der Waals surface area (Å²) in [5.74, 6) is 1.28. The molecular weight excluding hydrogens is 262 g/mol. The number of likely N-dealkylation sites (N-methyl/N-ethyl adjacent to an activating group) is 1. The van der Waals surface area contributed by atoms with E-state index in [0.29, 0.717) is 23.3 Å². The molecule has 1 aromatic carbocycles. The average molecular weight is 278 g/mol. The number of hydrogen-bond acceptors (Lipinski definition) is 4. The van der Waals surface area contributed by atoms with Crippen LogP contribution in [0.1, 0.15) is 6.92 Å². The highest BCUT2D eigenvalue weighted by Crippen LogP contribution is 2.21. The molecule has 100 valence electrons. The first-order valence-corrected chi connectivity index (χ1v) is 6.43. The maximum Gasteiger partial charge on any atom is 0.163 e. The fourth-order valence-electron chi connectivity index (χ4n) is 1.81. The lowest BCUT2D eigenvalue weighted by Crippen LogP contribution is -2.27. The van der Waals surface area contributed by atoms with E-state index in [9.17, 15) is 5.11 Å². The van der Waals surface area contributed by atoms with Gasteiger partial charge in [-0.05, 0) is 6.92 Å². The van der Waals surface area contributed by atoms with Gasteiger partial charge in [0, 0.05) is 25.2 Å². The largest absolute Gasteiger partial charge is 0.392 e. The molecule has 1 N–H and O–H groups in total. The third kappa shape index (κ3) is 3.66. The van der Waals surface area contributed by atoms with Crippen molar-refractivity contribution >= 4 is 17.4 Å². The number of aliphatic hydroxyl groups excluding tert-OH is 1. The van der Waals surface area contributed by atoms with E-state index in [4.69, 9.17) is 11.6 Å². The van der Waals surface area contributed by atoms with Gasteiger partial charge in [0.25, 0.3) is 0 Å². The summed E-state index contributed by atoms with van der Waals surface area (Å²) in [6.07, 6.45) is -0.432. The molecule has 0 aliphatic carbocycles. The lowest BCUT2D eigenvalue weighted by Gasteiger charge is -2.20. The number of aromatic nitrogens is 2. The van der Waals surface area contributed by atoms with Crippen molar-refractivity contribution in [2.75, 3.05) is 18.5 Å². The molecule has 1 aromatic heterocycles. The van der Waals surface area contributed by atoms with E-state index in [1.54, 1.807) is 13.0 Å². The standard InChI is InChI=1S/C14H16ClN3O/c1-10(19)9-18(2)13-8-12(15)16-14(17-13)11-6-4-3-5-7-11/h3-8,10,19H,9H2,1-2H3. The SMILES string of the molecule is CC(O)CN(C)c1cc(Cl)nc(-c2ccccc2)n1. The highest BCUT2D eigenvalue weighted by Gasteiger charge is 2.10. The molecule has 0 radical (unpaired) electrons. The summed E-state index contributed by atoms with van der Waals surface area (Å²) in [7, 11) is 1.86. The first-order chi connectivity index (χ1) is 9.06. The van der Waals surface area contributed by atoms with Gasteiger partial charge in [-0.3, -0.25) is 0 Å². The van der Waals surface area contributed by atoms with E-state index in [0.717, 1.165) is 5.56 Å². The Kier molecular flexibility index (Phi) is 4.35. The maximum atomic E-state index is 9.42. The summed E-state index contributed by atoms with van der Waals surface area (Å²) in [6.45, 7) is 2.22. The summed E-state index contributed by atoms with van der Waals surface area (Å²) < 4.78 is 0. The molecule has 0 aliphatic rings. The zero-order valence-corrected chi connectivity index (χ0v) is 11.7. The number of benzene rings is 1. The van der Waals surface area contributed by atoms with Crippen LogP contribution in [-0.4, -0.2) is 34.8 Å². The van der Waals surface area contributed by atoms with Crippen molar-refractivity contribution in [1.82, 2.24) is 9.97 Å². The molecule has 4 nitrogen and oxygen atoms in total. The van der Waals surface area contributed by atoms with Crippen LogP contribution in [0.15, 0.2) is 36.4 Å². The highest BCUT2D eigenvalue weighted by atomic mass is 35.5. The first-order valence-electron chi connectivity index (χ1n) is 6.05. The average Bonchev–Trinajstić information content (AvgIpc) is 2.38. The van der Waals surface area contributed by atoms with E-state index in [-0.39, 0.29) is 0 Å². The number of halogens is 1. The van der Waals surface area contributed by atoms with Gasteiger partial charge in [-0.2, -0.15) is 0 Å². The van der Waals surface area contributed by atoms with Crippen molar-refractivity contribution in [2.24, 2.45) is 0 Å². The molecule has 0 bridgehead atoms. The second kappa shape index (κ2) is 5.99. The van der Waals surface area contributed by atoms with Crippen LogP contribution in [0.5, 0.6) is 0 Å². The van der Waals surface area contributed by atoms with Crippen molar-refractivity contribution in [2.45, 2.75) is 13.0 Å². The van der Waals surface area contributed by atoms with Gasteiger partial charge >= 0.3 is 0 Å². The summed E-state index contributed by atoms with van der Waals surface area (Å²) in [5, 5.41) is 9.81. The molecule has 19 heavy (non-hydrogen) atoms. The third-order valence-corrected chi connectivity index (χ3v) is 2.84. The molecule has 1 heterocycles. The Morgan fingerprint density at radius 1 is 1.26 bits per heavy atom. The minimum Gasteiger partial charge on any atom is -0.392 e. The Bertz CT molecular complexity index is 546. The number of anilines is 1. The lowest BCUT2D eigenvalue weighted by atomic mass is 10.2. The number of hydrogen-bond donors (Lipinski definition) is 1. The molecule has 0 aliphatic heterocycles. The molecule has 0 spiro atoms. The molecular formula is C14H16ClN3O. The summed E-state index contributed by atoms with van der Waals surface area (Å²) in [6, 6.07) is 11.4. The van der Waals surface area contributed by atoms with Crippen LogP contribution in [-0.2, 0) is 0 Å². The monoisotopic (exact) mass is 277 g/mol. The smallest absolute Gasteiger partial charge is 0.163 e. The molecule has 0 saturated carbocycles. The van der Waals surface area contributed by atoms with Gasteiger partial charge in [0.2, 0.25) is 0 Å². The van der Waals surface area contributed by atoms with Gasteiger partial charge in [-0.15, -0.1) is 0 Å². The van der Waals surface area contributed by atoms with E-state index in [2.05, 4.69) is 9.97 Å². The fraction of sp³-hybridized carbons (Fsp3) is 0.286. The maximum absolute atomic E-state index is 9.42. The van der Waals surface area contributed by atoms with Crippen LogP contribution < -0.4 is 4.90 Å². The molecule has 0 fully saturated rings. The fourth-order valence-corrected chi connectivity index (χ4v) is 1.99. The van der Waals surface area contributed by atoms with E-state index in [1.165, 1.54) is 0 Å². The van der Waals surface area contributed by atoms with Crippen molar-refractivity contribution in [3.63, 3.8) is 0 Å². The Labute approximate surface area is 117 Å². The van der Waals surface area contributed by atoms with Crippen LogP contribution in [0.4, 0.5) is 5.82 Å². The number of aliphatic hydroxyl groups is 1. The number of nitrogens with zero attached hydrogens (tertiary/aromatic N) is 3. The van der Waals surface area contributed by atoms with Gasteiger partial charge in [0.05, 0.1) is 6.10 Å². The Morgan fingerprint density at radius 3 is 2.58 bits per heavy atom. The van der Waals surface area contributed by atoms with Gasteiger partial charge in [0.15, 0.2) is 5.82 Å². The topological polar surface area (TPSA) is 49.2 Å². The van der Waals surface area contributed by atoms with Crippen molar-refractivity contribution < 1.29 is 5.11 Å². The van der Waals surface area contributed by atoms with Crippen LogP contribution in [0, 0.1) is 0 Å². The number of rotatable bonds is 4. The predicted molar refractivity (Wildman–Crippen MR) is 77.4 cm³/mol. The van der Waals surface area contributed by atoms with Crippen LogP contribution in [0.3, 0.4) is 0 Å². The molecule has 0 saturated heterocycles. The molecule has 5 heteroatoms. The van der Waals surface area contributed by atoms with Crippen molar-refractivity contribution in [1.29, 1.82) is 0 Å². The molecule has 1 unspecified atom stereocenters. The van der Waals surface area contributed by atoms with Gasteiger partial charge in [-0.1, -0.05) is 41.9 Å². The van der Waals surface area contributed by atoms with Crippen LogP contribution in [0.2, 0.25) is 5.15 Å². The zero-order valence-electron chi connectivity index (χ0n) is 10.9. The summed E-state index contributed by atoms with van der Waals surface area (Å²) >= 11 is 6.04. The van der Waals surface area contributed by atoms with Crippen LogP contribution >= 0.6 is 11.6 Å². The Morgan fingerprint density at radius 2 is 1.95 bits per heavy atom. The van der Waals surface area contributed by atoms with E-state index >= 15 is 0 Å². The molecule has 2 aromatic rings. The second-order valence-electron chi connectivity index (χ2n) is 4.47. The molecule has 0 amide bonds. The highest BCUT2D eigenvalue weighted by molar-refractivity contribution is 6.29. The third-order valence-electron chi connectivity index (χ3n) is 2.64. The molecule has 1 atom stereocenters. The molecule has 2 rings (SSSR count). The van der Waals surface area contributed by atoms with Crippen molar-refractivity contribution in [3.8, 4) is 11.4 Å². The van der Waals surface area contributed by atoms with Crippen molar-refractivity contribution in [3.05, 3.63) is 41.6 Å². The van der Waals surface area contributed by atoms with Crippen LogP contribution in [0.25, 0.3) is 11.4 Å². The van der Waals surface area contributed by atoms with E-state index < -0.39 is 6.10 Å². The first kappa shape index (κ1) is 13.8. The Balaban J connectivity index is 2.35. The second-order valence-corrected chi connectivity index (χ2v) is 4.86. The normalized spacial score (nSPS) is 12.2. The summed E-state index contributed by atoms with van der Waals surface area (Å²) in [5.41, 5.74) is 0.914.